The summed E-state index contributed by atoms with van der Waals surface area (Å²) in [6.07, 6.45) is 0.622. The zero-order valence-corrected chi connectivity index (χ0v) is 12.4. The maximum absolute atomic E-state index is 11.1. The maximum Gasteiger partial charge on any atom is 0.322 e. The Hall–Kier alpha value is -1.01. The zero-order chi connectivity index (χ0) is 13.7. The third-order valence-electron chi connectivity index (χ3n) is 3.06. The lowest BCUT2D eigenvalue weighted by atomic mass is 10.0. The fourth-order valence-corrected chi connectivity index (χ4v) is 2.31. The number of rotatable bonds is 5. The number of aliphatic carboxylic acids is 1. The maximum atomic E-state index is 11.1. The second-order valence-electron chi connectivity index (χ2n) is 4.43. The standard InChI is InChI=1S/C13H17ClN2O3.ClH/c14-9-2-1-3-10(8-9)19-7-4-11-12(13(17)18)16-6-5-15-11;/h1-3,8,11-12,15-16H,4-7H2,(H,17,18);1H/t11-,12?;/m1./s1. The van der Waals surface area contributed by atoms with E-state index in [0.717, 1.165) is 6.54 Å². The van der Waals surface area contributed by atoms with Crippen LogP contribution in [-0.2, 0) is 4.79 Å². The number of hydrogen-bond acceptors (Lipinski definition) is 4. The van der Waals surface area contributed by atoms with Crippen molar-refractivity contribution < 1.29 is 14.6 Å². The van der Waals surface area contributed by atoms with E-state index < -0.39 is 12.0 Å². The molecule has 1 aliphatic rings. The van der Waals surface area contributed by atoms with Crippen LogP contribution in [0.15, 0.2) is 24.3 Å². The number of benzene rings is 1. The van der Waals surface area contributed by atoms with Crippen molar-refractivity contribution in [2.75, 3.05) is 19.7 Å². The number of halogens is 2. The summed E-state index contributed by atoms with van der Waals surface area (Å²) in [6, 6.07) is 6.48. The highest BCUT2D eigenvalue weighted by atomic mass is 35.5. The molecule has 0 radical (unpaired) electrons. The number of carboxylic acid groups (broad SMARTS) is 1. The highest BCUT2D eigenvalue weighted by molar-refractivity contribution is 6.30. The van der Waals surface area contributed by atoms with Crippen LogP contribution in [0.1, 0.15) is 6.42 Å². The molecule has 1 fully saturated rings. The van der Waals surface area contributed by atoms with Gasteiger partial charge in [0.25, 0.3) is 0 Å². The van der Waals surface area contributed by atoms with E-state index in [9.17, 15) is 4.79 Å². The van der Waals surface area contributed by atoms with Crippen LogP contribution in [0.5, 0.6) is 5.75 Å². The van der Waals surface area contributed by atoms with Crippen LogP contribution >= 0.6 is 24.0 Å². The monoisotopic (exact) mass is 320 g/mol. The van der Waals surface area contributed by atoms with Crippen molar-refractivity contribution in [1.29, 1.82) is 0 Å². The minimum Gasteiger partial charge on any atom is -0.493 e. The van der Waals surface area contributed by atoms with Crippen molar-refractivity contribution in [3.63, 3.8) is 0 Å². The highest BCUT2D eigenvalue weighted by Gasteiger charge is 2.29. The molecule has 20 heavy (non-hydrogen) atoms. The number of hydrogen-bond donors (Lipinski definition) is 3. The van der Waals surface area contributed by atoms with Crippen molar-refractivity contribution in [1.82, 2.24) is 10.6 Å². The molecule has 1 saturated heterocycles. The Morgan fingerprint density at radius 3 is 2.85 bits per heavy atom. The summed E-state index contributed by atoms with van der Waals surface area (Å²) in [5, 5.41) is 15.9. The minimum atomic E-state index is -0.833. The van der Waals surface area contributed by atoms with E-state index in [-0.39, 0.29) is 18.4 Å². The van der Waals surface area contributed by atoms with Gasteiger partial charge in [0.05, 0.1) is 6.61 Å². The van der Waals surface area contributed by atoms with Gasteiger partial charge in [0.1, 0.15) is 11.8 Å². The Labute approximate surface area is 129 Å². The van der Waals surface area contributed by atoms with Crippen molar-refractivity contribution in [3.8, 4) is 5.75 Å². The van der Waals surface area contributed by atoms with Crippen LogP contribution in [0.4, 0.5) is 0 Å². The molecule has 0 spiro atoms. The van der Waals surface area contributed by atoms with Crippen LogP contribution in [0.3, 0.4) is 0 Å². The Bertz CT molecular complexity index is 445. The van der Waals surface area contributed by atoms with Crippen molar-refractivity contribution in [2.45, 2.75) is 18.5 Å². The van der Waals surface area contributed by atoms with Gasteiger partial charge in [-0.05, 0) is 24.6 Å². The van der Waals surface area contributed by atoms with Crippen LogP contribution < -0.4 is 15.4 Å². The van der Waals surface area contributed by atoms with Crippen molar-refractivity contribution in [2.24, 2.45) is 0 Å². The molecule has 7 heteroatoms. The van der Waals surface area contributed by atoms with E-state index in [1.165, 1.54) is 0 Å². The van der Waals surface area contributed by atoms with Crippen LogP contribution in [0.2, 0.25) is 5.02 Å². The molecule has 1 aromatic rings. The van der Waals surface area contributed by atoms with Gasteiger partial charge in [0.2, 0.25) is 0 Å². The molecule has 0 amide bonds. The summed E-state index contributed by atoms with van der Waals surface area (Å²) in [4.78, 5) is 11.1. The molecule has 0 bridgehead atoms. The summed E-state index contributed by atoms with van der Waals surface area (Å²) in [7, 11) is 0. The molecule has 5 nitrogen and oxygen atoms in total. The summed E-state index contributed by atoms with van der Waals surface area (Å²) in [5.74, 6) is -0.136. The second-order valence-corrected chi connectivity index (χ2v) is 4.86. The smallest absolute Gasteiger partial charge is 0.322 e. The largest absolute Gasteiger partial charge is 0.493 e. The Morgan fingerprint density at radius 2 is 2.15 bits per heavy atom. The average molecular weight is 321 g/mol. The number of piperazine rings is 1. The first-order valence-corrected chi connectivity index (χ1v) is 6.62. The van der Waals surface area contributed by atoms with Gasteiger partial charge < -0.3 is 20.5 Å². The number of carbonyl (C=O) groups is 1. The molecule has 2 rings (SSSR count). The highest BCUT2D eigenvalue weighted by Crippen LogP contribution is 2.17. The molecule has 0 saturated carbocycles. The molecule has 0 aliphatic carbocycles. The van der Waals surface area contributed by atoms with E-state index in [2.05, 4.69) is 10.6 Å². The molecule has 0 aromatic heterocycles. The van der Waals surface area contributed by atoms with Gasteiger partial charge >= 0.3 is 5.97 Å². The van der Waals surface area contributed by atoms with Gasteiger partial charge in [0, 0.05) is 24.2 Å². The number of carboxylic acids is 1. The van der Waals surface area contributed by atoms with Crippen molar-refractivity contribution >= 4 is 30.0 Å². The fraction of sp³-hybridized carbons (Fsp3) is 0.462. The predicted octanol–water partition coefficient (Wildman–Crippen LogP) is 1.55. The predicted molar refractivity (Wildman–Crippen MR) is 80.0 cm³/mol. The first-order valence-electron chi connectivity index (χ1n) is 6.25. The molecule has 1 aromatic carbocycles. The molecule has 2 atom stereocenters. The molecular weight excluding hydrogens is 303 g/mol. The molecule has 1 heterocycles. The average Bonchev–Trinajstić information content (AvgIpc) is 2.39. The van der Waals surface area contributed by atoms with Gasteiger partial charge in [-0.3, -0.25) is 4.79 Å². The molecular formula is C13H18Cl2N2O3. The van der Waals surface area contributed by atoms with Crippen LogP contribution in [-0.4, -0.2) is 42.9 Å². The van der Waals surface area contributed by atoms with Gasteiger partial charge in [-0.1, -0.05) is 17.7 Å². The summed E-state index contributed by atoms with van der Waals surface area (Å²) in [6.45, 7) is 1.89. The van der Waals surface area contributed by atoms with Gasteiger partial charge in [-0.15, -0.1) is 12.4 Å². The minimum absolute atomic E-state index is 0. The van der Waals surface area contributed by atoms with Gasteiger partial charge in [0.15, 0.2) is 0 Å². The molecule has 112 valence electrons. The quantitative estimate of drug-likeness (QED) is 0.767. The van der Waals surface area contributed by atoms with Crippen LogP contribution in [0, 0.1) is 0 Å². The summed E-state index contributed by atoms with van der Waals surface area (Å²) >= 11 is 5.86. The lowest BCUT2D eigenvalue weighted by molar-refractivity contribution is -0.140. The second kappa shape index (κ2) is 8.32. The molecule has 1 aliphatic heterocycles. The third kappa shape index (κ3) is 4.83. The topological polar surface area (TPSA) is 70.6 Å². The first-order chi connectivity index (χ1) is 9.16. The summed E-state index contributed by atoms with van der Waals surface area (Å²) < 4.78 is 5.57. The third-order valence-corrected chi connectivity index (χ3v) is 3.29. The SMILES string of the molecule is Cl.O=C(O)C1NCCN[C@@H]1CCOc1cccc(Cl)c1. The van der Waals surface area contributed by atoms with Crippen LogP contribution in [0.25, 0.3) is 0 Å². The molecule has 3 N–H and O–H groups in total. The normalized spacial score (nSPS) is 21.9. The van der Waals surface area contributed by atoms with E-state index in [4.69, 9.17) is 21.4 Å². The van der Waals surface area contributed by atoms with E-state index >= 15 is 0 Å². The van der Waals surface area contributed by atoms with E-state index in [1.807, 2.05) is 12.1 Å². The zero-order valence-electron chi connectivity index (χ0n) is 10.8. The lowest BCUT2D eigenvalue weighted by Crippen LogP contribution is -2.59. The first kappa shape index (κ1) is 17.0. The fourth-order valence-electron chi connectivity index (χ4n) is 2.13. The van der Waals surface area contributed by atoms with E-state index in [0.29, 0.717) is 30.3 Å². The Balaban J connectivity index is 0.00000200. The van der Waals surface area contributed by atoms with E-state index in [1.54, 1.807) is 12.1 Å². The summed E-state index contributed by atoms with van der Waals surface area (Å²) in [5.41, 5.74) is 0. The Morgan fingerprint density at radius 1 is 1.40 bits per heavy atom. The number of ether oxygens (including phenoxy) is 1. The van der Waals surface area contributed by atoms with Gasteiger partial charge in [-0.2, -0.15) is 0 Å². The molecule has 1 unspecified atom stereocenters. The van der Waals surface area contributed by atoms with Crippen molar-refractivity contribution in [3.05, 3.63) is 29.3 Å². The Kier molecular flexibility index (Phi) is 7.09. The number of nitrogens with one attached hydrogen (secondary N) is 2. The lowest BCUT2D eigenvalue weighted by Gasteiger charge is -2.30. The van der Waals surface area contributed by atoms with Gasteiger partial charge in [-0.25, -0.2) is 0 Å².